The lowest BCUT2D eigenvalue weighted by Gasteiger charge is -2.19. The molecule has 2 atom stereocenters. The second-order valence-corrected chi connectivity index (χ2v) is 10.8. The highest BCUT2D eigenvalue weighted by molar-refractivity contribution is 6.99. The zero-order chi connectivity index (χ0) is 27.8. The van der Waals surface area contributed by atoms with Crippen molar-refractivity contribution in [1.29, 1.82) is 0 Å². The van der Waals surface area contributed by atoms with Crippen LogP contribution in [0.2, 0.25) is 0 Å². The van der Waals surface area contributed by atoms with Crippen molar-refractivity contribution in [1.82, 2.24) is 17.5 Å². The number of nitrogens with one attached hydrogen (secondary N) is 2. The summed E-state index contributed by atoms with van der Waals surface area (Å²) in [5.41, 5.74) is 4.17. The van der Waals surface area contributed by atoms with Gasteiger partial charge in [0.2, 0.25) is 0 Å². The Morgan fingerprint density at radius 1 is 0.571 bits per heavy atom. The molecule has 0 radical (unpaired) electrons. The van der Waals surface area contributed by atoms with E-state index in [0.717, 1.165) is 50.4 Å². The van der Waals surface area contributed by atoms with Gasteiger partial charge in [-0.1, -0.05) is 12.2 Å². The summed E-state index contributed by atoms with van der Waals surface area (Å²) < 4.78 is 51.3. The van der Waals surface area contributed by atoms with E-state index in [4.69, 9.17) is 28.4 Å². The Balaban J connectivity index is 0.00000308. The van der Waals surface area contributed by atoms with Gasteiger partial charge in [0.15, 0.2) is 0 Å². The maximum Gasteiger partial charge on any atom is 0.253 e. The lowest BCUT2D eigenvalue weighted by atomic mass is 10.1. The number of hydrogen-bond acceptors (Lipinski definition) is 12. The van der Waals surface area contributed by atoms with Gasteiger partial charge in [0.25, 0.3) is 11.8 Å². The lowest BCUT2D eigenvalue weighted by Crippen LogP contribution is -3.09. The topological polar surface area (TPSA) is 116 Å². The van der Waals surface area contributed by atoms with Gasteiger partial charge in [0.1, 0.15) is 37.7 Å². The summed E-state index contributed by atoms with van der Waals surface area (Å²) in [6.45, 7) is 9.03. The summed E-state index contributed by atoms with van der Waals surface area (Å²) in [6.07, 6.45) is 6.59. The molecule has 0 aliphatic carbocycles. The first-order chi connectivity index (χ1) is 19.7. The average Bonchev–Trinajstić information content (AvgIpc) is 3.63. The molecule has 238 valence electrons. The Morgan fingerprint density at radius 2 is 0.929 bits per heavy atom. The molecular formula is C26H42Cl2N6O6S2. The van der Waals surface area contributed by atoms with Crippen LogP contribution in [0, 0.1) is 0 Å². The fraction of sp³-hybridized carbons (Fsp3) is 0.692. The van der Waals surface area contributed by atoms with Crippen molar-refractivity contribution >= 4 is 34.6 Å². The largest absolute Gasteiger partial charge is 1.00 e. The molecule has 0 spiro atoms. The number of hydrogen-bond donors (Lipinski definition) is 2. The van der Waals surface area contributed by atoms with Crippen LogP contribution < -0.4 is 44.1 Å². The summed E-state index contributed by atoms with van der Waals surface area (Å²) in [5, 5.41) is 0. The van der Waals surface area contributed by atoms with E-state index in [1.165, 1.54) is 44.4 Å². The summed E-state index contributed by atoms with van der Waals surface area (Å²) >= 11 is 2.37. The molecule has 0 fully saturated rings. The van der Waals surface area contributed by atoms with Gasteiger partial charge < -0.3 is 63.0 Å². The zero-order valence-corrected chi connectivity index (χ0v) is 27.4. The van der Waals surface area contributed by atoms with Crippen molar-refractivity contribution in [2.75, 3.05) is 106 Å². The van der Waals surface area contributed by atoms with Gasteiger partial charge in [0, 0.05) is 24.0 Å². The molecule has 0 amide bonds. The van der Waals surface area contributed by atoms with Crippen LogP contribution in [0.4, 0.5) is 0 Å². The molecule has 2 aromatic rings. The van der Waals surface area contributed by atoms with Gasteiger partial charge in [-0.05, 0) is 0 Å². The minimum atomic E-state index is 0. The standard InChI is InChI=1S/C26H40N6O6S2.2ClH/c1-31-7-3-5-21(19-31)23-25(29-39-27-23)37-17-15-35-13-11-33-9-10-34-12-14-36-16-18-38-26-24(28-40-30-26)22-6-4-8-32(2)20-22;;/h5-6H,3-4,7-20H2,1-2H3;2*1H. The fourth-order valence-electron chi connectivity index (χ4n) is 4.42. The van der Waals surface area contributed by atoms with Gasteiger partial charge in [-0.2, -0.15) is 8.75 Å². The van der Waals surface area contributed by atoms with Gasteiger partial charge in [-0.3, -0.25) is 0 Å². The quantitative estimate of drug-likeness (QED) is 0.140. The Bertz CT molecular complexity index is 993. The van der Waals surface area contributed by atoms with Crippen molar-refractivity contribution in [2.24, 2.45) is 0 Å². The fourth-order valence-corrected chi connectivity index (χ4v) is 5.48. The van der Waals surface area contributed by atoms with Gasteiger partial charge in [-0.25, -0.2) is 0 Å². The van der Waals surface area contributed by atoms with Crippen LogP contribution in [-0.2, 0) is 18.9 Å². The van der Waals surface area contributed by atoms with E-state index in [1.807, 2.05) is 0 Å². The molecule has 2 unspecified atom stereocenters. The highest BCUT2D eigenvalue weighted by Gasteiger charge is 2.21. The number of nitrogens with zero attached hydrogens (tertiary/aromatic N) is 4. The first-order valence-electron chi connectivity index (χ1n) is 13.9. The summed E-state index contributed by atoms with van der Waals surface area (Å²) in [5.74, 6) is 1.21. The van der Waals surface area contributed by atoms with Crippen molar-refractivity contribution in [3.63, 3.8) is 0 Å². The first kappa shape index (κ1) is 36.7. The molecule has 4 rings (SSSR count). The molecule has 4 heterocycles. The van der Waals surface area contributed by atoms with Gasteiger partial charge in [-0.15, -0.1) is 8.75 Å². The molecule has 12 nitrogen and oxygen atoms in total. The molecule has 42 heavy (non-hydrogen) atoms. The van der Waals surface area contributed by atoms with Crippen LogP contribution in [-0.4, -0.2) is 124 Å². The van der Waals surface area contributed by atoms with Gasteiger partial charge >= 0.3 is 0 Å². The monoisotopic (exact) mass is 668 g/mol. The maximum atomic E-state index is 5.80. The second kappa shape index (κ2) is 21.3. The Hall–Kier alpha value is -1.46. The SMILES string of the molecule is C[NH+]1CCC=C(c2nsnc2OCCOCCOCCOCCOCCOc2nsnc2C2=CCC[NH+](C)C2)C1.[Cl-].[Cl-]. The van der Waals surface area contributed by atoms with Crippen molar-refractivity contribution in [3.8, 4) is 11.8 Å². The van der Waals surface area contributed by atoms with E-state index < -0.39 is 0 Å². The Morgan fingerprint density at radius 3 is 1.29 bits per heavy atom. The predicted octanol–water partition coefficient (Wildman–Crippen LogP) is -6.47. The van der Waals surface area contributed by atoms with E-state index in [0.29, 0.717) is 77.8 Å². The van der Waals surface area contributed by atoms with Crippen LogP contribution >= 0.6 is 23.5 Å². The molecule has 0 aromatic carbocycles. The third kappa shape index (κ3) is 12.6. The zero-order valence-electron chi connectivity index (χ0n) is 24.3. The Labute approximate surface area is 268 Å². The number of ether oxygens (including phenoxy) is 6. The van der Waals surface area contributed by atoms with Crippen molar-refractivity contribution in [2.45, 2.75) is 12.8 Å². The van der Waals surface area contributed by atoms with E-state index in [-0.39, 0.29) is 24.8 Å². The third-order valence-electron chi connectivity index (χ3n) is 6.48. The van der Waals surface area contributed by atoms with E-state index in [9.17, 15) is 0 Å². The van der Waals surface area contributed by atoms with Crippen molar-refractivity contribution < 1.29 is 63.0 Å². The summed E-state index contributed by atoms with van der Waals surface area (Å²) in [6, 6.07) is 0. The predicted molar refractivity (Wildman–Crippen MR) is 153 cm³/mol. The second-order valence-electron chi connectivity index (χ2n) is 9.79. The molecule has 2 aliphatic rings. The molecule has 0 bridgehead atoms. The molecule has 0 saturated heterocycles. The average molecular weight is 670 g/mol. The molecule has 2 aromatic heterocycles. The normalized spacial score (nSPS) is 18.4. The third-order valence-corrected chi connectivity index (χ3v) is 7.51. The molecule has 2 N–H and O–H groups in total. The summed E-state index contributed by atoms with van der Waals surface area (Å²) in [4.78, 5) is 2.95. The van der Waals surface area contributed by atoms with Crippen LogP contribution in [0.3, 0.4) is 0 Å². The molecular weight excluding hydrogens is 627 g/mol. The number of quaternary nitrogens is 2. The van der Waals surface area contributed by atoms with E-state index >= 15 is 0 Å². The molecule has 16 heteroatoms. The molecule has 0 saturated carbocycles. The smallest absolute Gasteiger partial charge is 0.253 e. The van der Waals surface area contributed by atoms with Gasteiger partial charge in [0.05, 0.1) is 103 Å². The number of likely N-dealkylation sites (N-methyl/N-ethyl adjacent to an activating group) is 2. The molecule has 2 aliphatic heterocycles. The minimum Gasteiger partial charge on any atom is -1.00 e. The highest BCUT2D eigenvalue weighted by atomic mass is 35.5. The van der Waals surface area contributed by atoms with Crippen LogP contribution in [0.25, 0.3) is 11.1 Å². The van der Waals surface area contributed by atoms with Crippen LogP contribution in [0.1, 0.15) is 24.2 Å². The first-order valence-corrected chi connectivity index (χ1v) is 15.4. The van der Waals surface area contributed by atoms with Crippen molar-refractivity contribution in [3.05, 3.63) is 23.5 Å². The van der Waals surface area contributed by atoms with E-state index in [2.05, 4.69) is 43.7 Å². The summed E-state index contributed by atoms with van der Waals surface area (Å²) in [7, 11) is 4.38. The number of rotatable bonds is 19. The number of aromatic nitrogens is 4. The van der Waals surface area contributed by atoms with E-state index in [1.54, 1.807) is 0 Å². The highest BCUT2D eigenvalue weighted by Crippen LogP contribution is 2.25. The van der Waals surface area contributed by atoms with Crippen LogP contribution in [0.5, 0.6) is 11.8 Å². The maximum absolute atomic E-state index is 5.80. The minimum absolute atomic E-state index is 0. The number of halogens is 2. The van der Waals surface area contributed by atoms with Crippen LogP contribution in [0.15, 0.2) is 12.2 Å². The lowest BCUT2D eigenvalue weighted by molar-refractivity contribution is -0.872. The Kier molecular flexibility index (Phi) is 18.6.